The Morgan fingerprint density at radius 1 is 1.21 bits per heavy atom. The Bertz CT molecular complexity index is 318. The van der Waals surface area contributed by atoms with Crippen molar-refractivity contribution in [1.82, 2.24) is 15.5 Å². The molecule has 0 aliphatic rings. The van der Waals surface area contributed by atoms with Crippen LogP contribution in [-0.2, 0) is 9.59 Å². The second kappa shape index (κ2) is 9.18. The van der Waals surface area contributed by atoms with Crippen molar-refractivity contribution in [2.75, 3.05) is 26.2 Å². The Morgan fingerprint density at radius 3 is 2.32 bits per heavy atom. The summed E-state index contributed by atoms with van der Waals surface area (Å²) in [6.07, 6.45) is 0.183. The molecular weight excluding hydrogens is 250 g/mol. The molecule has 19 heavy (non-hydrogen) atoms. The number of nitrogens with one attached hydrogen (secondary N) is 2. The van der Waals surface area contributed by atoms with Crippen molar-refractivity contribution in [3.63, 3.8) is 0 Å². The fourth-order valence-corrected chi connectivity index (χ4v) is 1.50. The second-order valence-electron chi connectivity index (χ2n) is 4.60. The fourth-order valence-electron chi connectivity index (χ4n) is 1.50. The summed E-state index contributed by atoms with van der Waals surface area (Å²) in [5.74, 6) is -1.02. The third-order valence-electron chi connectivity index (χ3n) is 2.20. The molecule has 0 unspecified atom stereocenters. The van der Waals surface area contributed by atoms with E-state index < -0.39 is 12.0 Å². The van der Waals surface area contributed by atoms with Crippen LogP contribution in [0.4, 0.5) is 4.79 Å². The van der Waals surface area contributed by atoms with Gasteiger partial charge in [0, 0.05) is 26.1 Å². The molecule has 3 N–H and O–H groups in total. The van der Waals surface area contributed by atoms with Crippen LogP contribution in [0.3, 0.4) is 0 Å². The van der Waals surface area contributed by atoms with E-state index in [0.29, 0.717) is 13.1 Å². The van der Waals surface area contributed by atoms with Gasteiger partial charge in [0.25, 0.3) is 0 Å². The van der Waals surface area contributed by atoms with Crippen molar-refractivity contribution in [1.29, 1.82) is 0 Å². The number of carbonyl (C=O) groups excluding carboxylic acids is 2. The van der Waals surface area contributed by atoms with E-state index in [1.807, 2.05) is 20.8 Å². The minimum atomic E-state index is -1.06. The lowest BCUT2D eigenvalue weighted by atomic mass is 10.2. The number of carboxylic acid groups (broad SMARTS) is 1. The molecule has 0 aliphatic heterocycles. The Hall–Kier alpha value is -1.79. The minimum Gasteiger partial charge on any atom is -0.480 e. The van der Waals surface area contributed by atoms with Gasteiger partial charge in [-0.1, -0.05) is 13.8 Å². The van der Waals surface area contributed by atoms with E-state index in [1.54, 1.807) is 0 Å². The highest BCUT2D eigenvalue weighted by molar-refractivity contribution is 5.81. The number of nitrogens with zero attached hydrogens (tertiary/aromatic N) is 1. The molecule has 0 saturated carbocycles. The van der Waals surface area contributed by atoms with Crippen LogP contribution < -0.4 is 10.6 Å². The average molecular weight is 273 g/mol. The lowest BCUT2D eigenvalue weighted by Crippen LogP contribution is -2.45. The summed E-state index contributed by atoms with van der Waals surface area (Å²) in [5, 5.41) is 13.9. The number of hydrogen-bond donors (Lipinski definition) is 3. The molecule has 7 heteroatoms. The molecule has 0 bridgehead atoms. The van der Waals surface area contributed by atoms with Crippen LogP contribution in [0.25, 0.3) is 0 Å². The summed E-state index contributed by atoms with van der Waals surface area (Å²) in [7, 11) is 0. The quantitative estimate of drug-likeness (QED) is 0.591. The van der Waals surface area contributed by atoms with Crippen LogP contribution in [0.5, 0.6) is 0 Å². The molecule has 0 heterocycles. The zero-order valence-corrected chi connectivity index (χ0v) is 11.7. The average Bonchev–Trinajstić information content (AvgIpc) is 2.27. The van der Waals surface area contributed by atoms with Gasteiger partial charge in [-0.25, -0.2) is 4.79 Å². The van der Waals surface area contributed by atoms with Crippen molar-refractivity contribution in [2.45, 2.75) is 27.2 Å². The van der Waals surface area contributed by atoms with E-state index in [9.17, 15) is 14.4 Å². The molecule has 0 saturated heterocycles. The molecule has 110 valence electrons. The predicted octanol–water partition coefficient (Wildman–Crippen LogP) is 0.265. The maximum absolute atomic E-state index is 11.8. The van der Waals surface area contributed by atoms with Crippen molar-refractivity contribution in [2.24, 2.45) is 5.92 Å². The molecule has 3 amide bonds. The molecule has 0 aromatic heterocycles. The summed E-state index contributed by atoms with van der Waals surface area (Å²) in [5.41, 5.74) is 0. The summed E-state index contributed by atoms with van der Waals surface area (Å²) < 4.78 is 0. The Kier molecular flexibility index (Phi) is 8.32. The number of carbonyl (C=O) groups is 3. The molecule has 0 spiro atoms. The van der Waals surface area contributed by atoms with E-state index in [4.69, 9.17) is 5.11 Å². The monoisotopic (exact) mass is 273 g/mol. The predicted molar refractivity (Wildman–Crippen MR) is 70.7 cm³/mol. The van der Waals surface area contributed by atoms with Gasteiger partial charge in [-0.15, -0.1) is 0 Å². The topological polar surface area (TPSA) is 98.7 Å². The Balaban J connectivity index is 4.16. The first-order valence-electron chi connectivity index (χ1n) is 6.38. The number of hydrogen-bond acceptors (Lipinski definition) is 3. The highest BCUT2D eigenvalue weighted by atomic mass is 16.4. The summed E-state index contributed by atoms with van der Waals surface area (Å²) in [4.78, 5) is 34.9. The van der Waals surface area contributed by atoms with Crippen molar-refractivity contribution in [3.8, 4) is 0 Å². The molecule has 7 nitrogen and oxygen atoms in total. The summed E-state index contributed by atoms with van der Waals surface area (Å²) in [6.45, 7) is 6.37. The largest absolute Gasteiger partial charge is 0.480 e. The van der Waals surface area contributed by atoms with Crippen molar-refractivity contribution in [3.05, 3.63) is 0 Å². The second-order valence-corrected chi connectivity index (χ2v) is 4.60. The van der Waals surface area contributed by atoms with Crippen LogP contribution >= 0.6 is 0 Å². The normalized spacial score (nSPS) is 10.1. The molecule has 0 fully saturated rings. The van der Waals surface area contributed by atoms with Gasteiger partial charge < -0.3 is 20.6 Å². The van der Waals surface area contributed by atoms with Gasteiger partial charge >= 0.3 is 12.0 Å². The zero-order valence-electron chi connectivity index (χ0n) is 11.7. The van der Waals surface area contributed by atoms with Gasteiger partial charge in [0.1, 0.15) is 6.54 Å². The van der Waals surface area contributed by atoms with E-state index in [1.165, 1.54) is 4.90 Å². The molecule has 0 radical (unpaired) electrons. The van der Waals surface area contributed by atoms with Crippen LogP contribution in [-0.4, -0.2) is 54.1 Å². The molecule has 0 atom stereocenters. The van der Waals surface area contributed by atoms with Gasteiger partial charge in [-0.3, -0.25) is 9.59 Å². The Morgan fingerprint density at radius 2 is 1.84 bits per heavy atom. The molecule has 0 rings (SSSR count). The summed E-state index contributed by atoms with van der Waals surface area (Å²) >= 11 is 0. The first kappa shape index (κ1) is 17.2. The first-order chi connectivity index (χ1) is 8.86. The number of carboxylic acids is 1. The van der Waals surface area contributed by atoms with E-state index in [0.717, 1.165) is 0 Å². The maximum atomic E-state index is 11.8. The fraction of sp³-hybridized carbons (Fsp3) is 0.750. The SMILES string of the molecule is CCNC(=O)CCNC(=O)N(CC(=O)O)CC(C)C. The molecule has 0 aliphatic carbocycles. The van der Waals surface area contributed by atoms with Crippen LogP contribution in [0.15, 0.2) is 0 Å². The molecular formula is C12H23N3O4. The van der Waals surface area contributed by atoms with E-state index >= 15 is 0 Å². The van der Waals surface area contributed by atoms with Crippen LogP contribution in [0, 0.1) is 5.92 Å². The maximum Gasteiger partial charge on any atom is 0.323 e. The minimum absolute atomic E-state index is 0.142. The van der Waals surface area contributed by atoms with Gasteiger partial charge in [-0.2, -0.15) is 0 Å². The number of urea groups is 1. The lowest BCUT2D eigenvalue weighted by molar-refractivity contribution is -0.137. The van der Waals surface area contributed by atoms with Crippen molar-refractivity contribution < 1.29 is 19.5 Å². The third kappa shape index (κ3) is 8.87. The molecule has 0 aromatic carbocycles. The van der Waals surface area contributed by atoms with Gasteiger partial charge in [-0.05, 0) is 12.8 Å². The van der Waals surface area contributed by atoms with Gasteiger partial charge in [0.2, 0.25) is 5.91 Å². The number of rotatable bonds is 8. The highest BCUT2D eigenvalue weighted by Gasteiger charge is 2.17. The van der Waals surface area contributed by atoms with E-state index in [-0.39, 0.29) is 31.3 Å². The number of amides is 3. The first-order valence-corrected chi connectivity index (χ1v) is 6.38. The van der Waals surface area contributed by atoms with Crippen LogP contribution in [0.1, 0.15) is 27.2 Å². The van der Waals surface area contributed by atoms with Crippen LogP contribution in [0.2, 0.25) is 0 Å². The van der Waals surface area contributed by atoms with Gasteiger partial charge in [0.05, 0.1) is 0 Å². The van der Waals surface area contributed by atoms with E-state index in [2.05, 4.69) is 10.6 Å². The lowest BCUT2D eigenvalue weighted by Gasteiger charge is -2.23. The smallest absolute Gasteiger partial charge is 0.323 e. The molecule has 0 aromatic rings. The summed E-state index contributed by atoms with van der Waals surface area (Å²) in [6, 6.07) is -0.458. The zero-order chi connectivity index (χ0) is 14.8. The van der Waals surface area contributed by atoms with Gasteiger partial charge in [0.15, 0.2) is 0 Å². The number of aliphatic carboxylic acids is 1. The third-order valence-corrected chi connectivity index (χ3v) is 2.20. The highest BCUT2D eigenvalue weighted by Crippen LogP contribution is 1.99. The Labute approximate surface area is 113 Å². The standard InChI is InChI=1S/C12H23N3O4/c1-4-13-10(16)5-6-14-12(19)15(7-9(2)3)8-11(17)18/h9H,4-8H2,1-3H3,(H,13,16)(H,14,19)(H,17,18). The van der Waals surface area contributed by atoms with Crippen molar-refractivity contribution >= 4 is 17.9 Å².